The van der Waals surface area contributed by atoms with Gasteiger partial charge in [-0.25, -0.2) is 4.98 Å². The molecule has 0 fully saturated rings. The molecule has 0 saturated heterocycles. The van der Waals surface area contributed by atoms with Gasteiger partial charge >= 0.3 is 0 Å². The molecule has 3 rings (SSSR count). The summed E-state index contributed by atoms with van der Waals surface area (Å²) in [5.41, 5.74) is 2.72. The van der Waals surface area contributed by atoms with Crippen LogP contribution in [0.3, 0.4) is 0 Å². The molecule has 2 aromatic rings. The molecule has 1 atom stereocenters. The number of benzene rings is 1. The van der Waals surface area contributed by atoms with Crippen molar-refractivity contribution in [2.24, 2.45) is 4.99 Å². The Bertz CT molecular complexity index is 933. The van der Waals surface area contributed by atoms with Crippen LogP contribution in [0.25, 0.3) is 0 Å². The summed E-state index contributed by atoms with van der Waals surface area (Å²) in [4.78, 5) is 20.8. The fourth-order valence-electron chi connectivity index (χ4n) is 2.70. The second kappa shape index (κ2) is 8.59. The average Bonchev–Trinajstić information content (AvgIpc) is 3.15. The minimum Gasteiger partial charge on any atom is -0.497 e. The molecule has 0 bridgehead atoms. The van der Waals surface area contributed by atoms with Crippen LogP contribution in [0.2, 0.25) is 0 Å². The number of aromatic nitrogens is 1. The van der Waals surface area contributed by atoms with Gasteiger partial charge < -0.3 is 4.74 Å². The van der Waals surface area contributed by atoms with E-state index in [-0.39, 0.29) is 5.78 Å². The van der Waals surface area contributed by atoms with Gasteiger partial charge in [-0.15, -0.1) is 23.5 Å². The number of carbonyl (C=O) groups excluding carboxylic acids is 1. The van der Waals surface area contributed by atoms with Crippen molar-refractivity contribution in [2.75, 3.05) is 19.4 Å². The monoisotopic (exact) mass is 397 g/mol. The fraction of sp³-hybridized carbons (Fsp3) is 0.300. The Kier molecular flexibility index (Phi) is 6.19. The van der Waals surface area contributed by atoms with Gasteiger partial charge in [-0.3, -0.25) is 9.79 Å². The number of Topliss-reactive ketones (excluding diaryl/α,β-unsaturated/α-hetero) is 1. The zero-order valence-electron chi connectivity index (χ0n) is 15.4. The first-order chi connectivity index (χ1) is 13.0. The van der Waals surface area contributed by atoms with Gasteiger partial charge in [-0.1, -0.05) is 0 Å². The molecule has 1 aliphatic rings. The average molecular weight is 398 g/mol. The maximum absolute atomic E-state index is 11.6. The molecular formula is C20H19N3O2S2. The molecule has 1 aromatic heterocycles. The van der Waals surface area contributed by atoms with Gasteiger partial charge in [-0.2, -0.15) is 5.26 Å². The number of methoxy groups -OCH3 is 1. The molecule has 0 spiro atoms. The highest BCUT2D eigenvalue weighted by Crippen LogP contribution is 2.32. The van der Waals surface area contributed by atoms with Crippen LogP contribution in [0.1, 0.15) is 34.1 Å². The molecule has 138 valence electrons. The SMILES string of the molecule is COc1ccc(C2=NC[C@H](CSc3nc(C)c(C(C)=O)cc3C#N)S2)cc1. The van der Waals surface area contributed by atoms with Gasteiger partial charge in [-0.05, 0) is 44.2 Å². The van der Waals surface area contributed by atoms with Gasteiger partial charge in [0.15, 0.2) is 5.78 Å². The molecule has 0 aliphatic carbocycles. The van der Waals surface area contributed by atoms with Crippen molar-refractivity contribution < 1.29 is 9.53 Å². The van der Waals surface area contributed by atoms with Crippen molar-refractivity contribution >= 4 is 34.4 Å². The number of pyridine rings is 1. The van der Waals surface area contributed by atoms with Crippen molar-refractivity contribution in [3.8, 4) is 11.8 Å². The summed E-state index contributed by atoms with van der Waals surface area (Å²) in [7, 11) is 1.65. The molecule has 0 unspecified atom stereocenters. The van der Waals surface area contributed by atoms with Crippen LogP contribution in [0.4, 0.5) is 0 Å². The zero-order valence-corrected chi connectivity index (χ0v) is 17.0. The maximum atomic E-state index is 11.6. The number of thioether (sulfide) groups is 2. The number of hydrogen-bond donors (Lipinski definition) is 0. The van der Waals surface area contributed by atoms with E-state index in [1.54, 1.807) is 43.6 Å². The summed E-state index contributed by atoms with van der Waals surface area (Å²) in [6, 6.07) is 11.7. The molecule has 7 heteroatoms. The molecule has 1 aliphatic heterocycles. The minimum atomic E-state index is -0.0723. The number of carbonyl (C=O) groups is 1. The lowest BCUT2D eigenvalue weighted by atomic mass is 10.1. The molecule has 1 aromatic carbocycles. The summed E-state index contributed by atoms with van der Waals surface area (Å²) in [5.74, 6) is 1.56. The van der Waals surface area contributed by atoms with Crippen molar-refractivity contribution in [2.45, 2.75) is 24.1 Å². The van der Waals surface area contributed by atoms with Crippen LogP contribution in [-0.2, 0) is 0 Å². The van der Waals surface area contributed by atoms with Crippen LogP contribution in [0.5, 0.6) is 5.75 Å². The van der Waals surface area contributed by atoms with Crippen LogP contribution < -0.4 is 4.74 Å². The first-order valence-electron chi connectivity index (χ1n) is 8.42. The Balaban J connectivity index is 1.64. The second-order valence-corrected chi connectivity index (χ2v) is 8.37. The van der Waals surface area contributed by atoms with Crippen molar-refractivity contribution in [1.29, 1.82) is 5.26 Å². The summed E-state index contributed by atoms with van der Waals surface area (Å²) in [5, 5.41) is 11.4. The fourth-order valence-corrected chi connectivity index (χ4v) is 4.97. The smallest absolute Gasteiger partial charge is 0.161 e. The molecule has 0 radical (unpaired) electrons. The number of ether oxygens (including phenoxy) is 1. The number of hydrogen-bond acceptors (Lipinski definition) is 7. The van der Waals surface area contributed by atoms with Gasteiger partial charge in [0.1, 0.15) is 16.8 Å². The molecule has 0 N–H and O–H groups in total. The summed E-state index contributed by atoms with van der Waals surface area (Å²) in [6.07, 6.45) is 0. The van der Waals surface area contributed by atoms with Gasteiger partial charge in [0.05, 0.1) is 24.3 Å². The third kappa shape index (κ3) is 4.52. The highest BCUT2D eigenvalue weighted by molar-refractivity contribution is 8.16. The van der Waals surface area contributed by atoms with E-state index in [0.717, 1.165) is 28.7 Å². The van der Waals surface area contributed by atoms with Crippen LogP contribution in [0, 0.1) is 18.3 Å². The lowest BCUT2D eigenvalue weighted by molar-refractivity contribution is 0.101. The molecule has 5 nitrogen and oxygen atoms in total. The van der Waals surface area contributed by atoms with Crippen LogP contribution >= 0.6 is 23.5 Å². The van der Waals surface area contributed by atoms with E-state index in [0.29, 0.717) is 27.1 Å². The van der Waals surface area contributed by atoms with Gasteiger partial charge in [0.25, 0.3) is 0 Å². The Morgan fingerprint density at radius 3 is 2.78 bits per heavy atom. The molecule has 27 heavy (non-hydrogen) atoms. The number of rotatable bonds is 6. The number of nitrogens with zero attached hydrogens (tertiary/aromatic N) is 3. The van der Waals surface area contributed by atoms with Crippen LogP contribution in [0.15, 0.2) is 40.4 Å². The normalized spacial score (nSPS) is 15.9. The number of aryl methyl sites for hydroxylation is 1. The number of aliphatic imine (C=N–C) groups is 1. The van der Waals surface area contributed by atoms with Crippen molar-refractivity contribution in [3.05, 3.63) is 52.7 Å². The van der Waals surface area contributed by atoms with Crippen molar-refractivity contribution in [3.63, 3.8) is 0 Å². The molecule has 2 heterocycles. The lowest BCUT2D eigenvalue weighted by Crippen LogP contribution is -2.08. The van der Waals surface area contributed by atoms with E-state index in [1.807, 2.05) is 24.3 Å². The second-order valence-electron chi connectivity index (χ2n) is 6.07. The third-order valence-corrected chi connectivity index (χ3v) is 6.74. The third-order valence-electron chi connectivity index (χ3n) is 4.14. The Morgan fingerprint density at radius 2 is 2.15 bits per heavy atom. The van der Waals surface area contributed by atoms with E-state index in [9.17, 15) is 10.1 Å². The standard InChI is InChI=1S/C20H19N3O2S2/c1-12-18(13(2)24)8-15(9-21)20(23-12)26-11-17-10-22-19(27-17)14-4-6-16(25-3)7-5-14/h4-8,17H,10-11H2,1-3H3/t17-/m1/s1. The Labute approximate surface area is 167 Å². The van der Waals surface area contributed by atoms with Crippen molar-refractivity contribution in [1.82, 2.24) is 4.98 Å². The minimum absolute atomic E-state index is 0.0723. The molecular weight excluding hydrogens is 378 g/mol. The zero-order chi connectivity index (χ0) is 19.4. The highest BCUT2D eigenvalue weighted by atomic mass is 32.2. The topological polar surface area (TPSA) is 75.3 Å². The van der Waals surface area contributed by atoms with E-state index < -0.39 is 0 Å². The maximum Gasteiger partial charge on any atom is 0.161 e. The largest absolute Gasteiger partial charge is 0.497 e. The van der Waals surface area contributed by atoms with Gasteiger partial charge in [0, 0.05) is 27.8 Å². The summed E-state index contributed by atoms with van der Waals surface area (Å²) < 4.78 is 5.19. The summed E-state index contributed by atoms with van der Waals surface area (Å²) in [6.45, 7) is 4.04. The van der Waals surface area contributed by atoms with Crippen LogP contribution in [-0.4, -0.2) is 40.5 Å². The quantitative estimate of drug-likeness (QED) is 0.539. The van der Waals surface area contributed by atoms with E-state index in [2.05, 4.69) is 16.0 Å². The summed E-state index contributed by atoms with van der Waals surface area (Å²) >= 11 is 3.29. The Hall–Kier alpha value is -2.30. The lowest BCUT2D eigenvalue weighted by Gasteiger charge is -2.11. The predicted molar refractivity (Wildman–Crippen MR) is 110 cm³/mol. The number of nitriles is 1. The molecule has 0 saturated carbocycles. The first-order valence-corrected chi connectivity index (χ1v) is 10.3. The molecule has 0 amide bonds. The highest BCUT2D eigenvalue weighted by Gasteiger charge is 2.22. The predicted octanol–water partition coefficient (Wildman–Crippen LogP) is 4.13. The Morgan fingerprint density at radius 1 is 1.41 bits per heavy atom. The van der Waals surface area contributed by atoms with E-state index in [4.69, 9.17) is 4.74 Å². The van der Waals surface area contributed by atoms with Gasteiger partial charge in [0.2, 0.25) is 0 Å². The number of ketones is 1. The van der Waals surface area contributed by atoms with E-state index >= 15 is 0 Å². The van der Waals surface area contributed by atoms with E-state index in [1.165, 1.54) is 6.92 Å². The first kappa shape index (κ1) is 19.5.